The molecule has 0 aliphatic heterocycles. The quantitative estimate of drug-likeness (QED) is 0.215. The van der Waals surface area contributed by atoms with E-state index in [0.29, 0.717) is 8.92 Å². The van der Waals surface area contributed by atoms with Crippen molar-refractivity contribution in [3.63, 3.8) is 0 Å². The Morgan fingerprint density at radius 1 is 0.571 bits per heavy atom. The van der Waals surface area contributed by atoms with Crippen molar-refractivity contribution in [2.24, 2.45) is 0 Å². The van der Waals surface area contributed by atoms with E-state index in [2.05, 4.69) is 93.1 Å². The first kappa shape index (κ1) is 22.9. The summed E-state index contributed by atoms with van der Waals surface area (Å²) in [5.41, 5.74) is 0. The summed E-state index contributed by atoms with van der Waals surface area (Å²) in [6, 6.07) is 20.6. The fraction of sp³-hybridized carbons (Fsp3) is 0. The Morgan fingerprint density at radius 3 is 1.25 bits per heavy atom. The Morgan fingerprint density at radius 2 is 0.893 bits per heavy atom. The molecule has 4 radical (unpaired) electrons. The van der Waals surface area contributed by atoms with Gasteiger partial charge in [0.2, 0.25) is 0 Å². The summed E-state index contributed by atoms with van der Waals surface area (Å²) < 4.78 is 32.1. The monoisotopic (exact) mass is 903 g/mol. The molecule has 4 aromatic carbocycles. The summed E-state index contributed by atoms with van der Waals surface area (Å²) in [7, 11) is -7.00. The van der Waals surface area contributed by atoms with Gasteiger partial charge < -0.3 is 0 Å². The van der Waals surface area contributed by atoms with E-state index >= 15 is 7.10 Å². The molecule has 0 aliphatic rings. The van der Waals surface area contributed by atoms with E-state index in [1.165, 1.54) is 10.8 Å². The molecule has 4 aromatic rings. The molecular weight excluding hydrogens is 886 g/mol. The summed E-state index contributed by atoms with van der Waals surface area (Å²) in [4.78, 5) is 0. The van der Waals surface area contributed by atoms with Crippen molar-refractivity contribution in [1.29, 1.82) is 0 Å². The number of rotatable bonds is 4. The molecule has 2 unspecified atom stereocenters. The number of fused-ring (bicyclic) bond motifs is 3. The molecule has 0 saturated carbocycles. The van der Waals surface area contributed by atoms with Crippen molar-refractivity contribution >= 4 is 140 Å². The van der Waals surface area contributed by atoms with Gasteiger partial charge in [0, 0.05) is 0 Å². The third kappa shape index (κ3) is 4.43. The van der Waals surface area contributed by atoms with Gasteiger partial charge in [-0.05, 0) is 0 Å². The number of hydrogen-bond acceptors (Lipinski definition) is 0. The summed E-state index contributed by atoms with van der Waals surface area (Å²) >= 11 is 10.8. The summed E-state index contributed by atoms with van der Waals surface area (Å²) in [6.45, 7) is 0. The van der Waals surface area contributed by atoms with Crippen LogP contribution in [0.15, 0.2) is 60.7 Å². The fourth-order valence-electron chi connectivity index (χ4n) is 3.16. The van der Waals surface area contributed by atoms with Crippen LogP contribution in [0.25, 0.3) is 32.3 Å². The standard InChI is InChI=1S/C18H10F2Se8/c19-27(23,25-21)17-9-15-7-13-5-11-3-1-2-4-12(11)6-14(13)8-16(15)10-18(17)28(20,24)26-22/h1-10H. The van der Waals surface area contributed by atoms with Crippen LogP contribution in [0.4, 0.5) is 7.10 Å². The van der Waals surface area contributed by atoms with Crippen LogP contribution in [-0.2, 0) is 0 Å². The summed E-state index contributed by atoms with van der Waals surface area (Å²) in [5.74, 6) is 0. The predicted octanol–water partition coefficient (Wildman–Crippen LogP) is 1.29. The van der Waals surface area contributed by atoms with Gasteiger partial charge in [0.25, 0.3) is 0 Å². The van der Waals surface area contributed by atoms with Gasteiger partial charge in [0.05, 0.1) is 0 Å². The average molecular weight is 896 g/mol. The van der Waals surface area contributed by atoms with Gasteiger partial charge in [-0.25, -0.2) is 0 Å². The van der Waals surface area contributed by atoms with Crippen LogP contribution < -0.4 is 8.92 Å². The summed E-state index contributed by atoms with van der Waals surface area (Å²) in [5, 5.41) is 6.54. The molecule has 144 valence electrons. The minimum atomic E-state index is -3.50. The maximum atomic E-state index is 15.5. The van der Waals surface area contributed by atoms with E-state index in [4.69, 9.17) is 0 Å². The van der Waals surface area contributed by atoms with Crippen LogP contribution in [-0.4, -0.2) is 98.7 Å². The van der Waals surface area contributed by atoms with Gasteiger partial charge in [-0.1, -0.05) is 0 Å². The van der Waals surface area contributed by atoms with Crippen molar-refractivity contribution < 1.29 is 7.10 Å². The first-order valence-electron chi connectivity index (χ1n) is 7.76. The van der Waals surface area contributed by atoms with Crippen LogP contribution in [0.3, 0.4) is 0 Å². The van der Waals surface area contributed by atoms with Gasteiger partial charge in [0.15, 0.2) is 0 Å². The molecule has 0 bridgehead atoms. The van der Waals surface area contributed by atoms with E-state index in [1.54, 1.807) is 0 Å². The average Bonchev–Trinajstić information content (AvgIpc) is 2.69. The van der Waals surface area contributed by atoms with Crippen molar-refractivity contribution in [2.45, 2.75) is 0 Å². The number of halogens is 2. The Hall–Kier alpha value is 1.68. The molecule has 28 heavy (non-hydrogen) atoms. The Kier molecular flexibility index (Phi) is 7.27. The molecule has 0 saturated heterocycles. The molecule has 0 spiro atoms. The second-order valence-corrected chi connectivity index (χ2v) is 61.7. The van der Waals surface area contributed by atoms with E-state index in [9.17, 15) is 0 Å². The summed E-state index contributed by atoms with van der Waals surface area (Å²) in [6.07, 6.45) is 0. The number of hydrogen-bond donors (Lipinski definition) is 0. The Labute approximate surface area is 204 Å². The van der Waals surface area contributed by atoms with Gasteiger partial charge >= 0.3 is 208 Å². The van der Waals surface area contributed by atoms with E-state index < -0.39 is 19.3 Å². The molecule has 0 fully saturated rings. The zero-order valence-corrected chi connectivity index (χ0v) is 27.5. The molecule has 2 atom stereocenters. The second-order valence-electron chi connectivity index (χ2n) is 6.06. The molecule has 10 heteroatoms. The molecule has 0 amide bonds. The third-order valence-corrected chi connectivity index (χ3v) is 73.6. The minimum absolute atomic E-state index is 0.302. The van der Waals surface area contributed by atoms with Gasteiger partial charge in [0.1, 0.15) is 0 Å². The zero-order valence-electron chi connectivity index (χ0n) is 13.8. The molecule has 4 rings (SSSR count). The molecule has 0 N–H and O–H groups in total. The number of benzene rings is 4. The van der Waals surface area contributed by atoms with Gasteiger partial charge in [-0.15, -0.1) is 0 Å². The predicted molar refractivity (Wildman–Crippen MR) is 126 cm³/mol. The molecule has 0 nitrogen and oxygen atoms in total. The topological polar surface area (TPSA) is 0 Å². The van der Waals surface area contributed by atoms with E-state index in [-0.39, 0.29) is 22.6 Å². The van der Waals surface area contributed by atoms with Crippen molar-refractivity contribution in [2.75, 3.05) is 0 Å². The molecule has 0 aromatic heterocycles. The van der Waals surface area contributed by atoms with Crippen LogP contribution in [0, 0.1) is 0 Å². The van der Waals surface area contributed by atoms with Crippen molar-refractivity contribution in [3.05, 3.63) is 60.7 Å². The van der Waals surface area contributed by atoms with Crippen LogP contribution >= 0.6 is 0 Å². The van der Waals surface area contributed by atoms with Crippen molar-refractivity contribution in [1.82, 2.24) is 0 Å². The Bertz CT molecular complexity index is 1110. The van der Waals surface area contributed by atoms with E-state index in [1.807, 2.05) is 24.3 Å². The first-order chi connectivity index (χ1) is 13.2. The van der Waals surface area contributed by atoms with Crippen LogP contribution in [0.2, 0.25) is 0 Å². The fourth-order valence-corrected chi connectivity index (χ4v) is 29.8. The Balaban J connectivity index is 2.06. The maximum absolute atomic E-state index is 15.5. The van der Waals surface area contributed by atoms with Gasteiger partial charge in [-0.3, -0.25) is 0 Å². The molecule has 0 heterocycles. The third-order valence-electron chi connectivity index (χ3n) is 4.42. The van der Waals surface area contributed by atoms with Crippen molar-refractivity contribution in [3.8, 4) is 0 Å². The SMILES string of the molecule is F[Se]([Se])([Se][Se])c1cc2cc3cc4ccccc4cc3cc2cc1[Se](F)([Se])[Se][Se]. The first-order valence-corrected chi connectivity index (χ1v) is 36.8. The molecule has 0 aliphatic carbocycles. The molecular formula is C18H10F2Se8. The van der Waals surface area contributed by atoms with E-state index in [0.717, 1.165) is 21.5 Å². The normalized spacial score (nSPS) is 18.6. The zero-order chi connectivity index (χ0) is 20.1. The van der Waals surface area contributed by atoms with Gasteiger partial charge in [-0.2, -0.15) is 0 Å². The second kappa shape index (κ2) is 8.90. The van der Waals surface area contributed by atoms with Crippen LogP contribution in [0.1, 0.15) is 0 Å². The van der Waals surface area contributed by atoms with Crippen LogP contribution in [0.5, 0.6) is 0 Å².